The van der Waals surface area contributed by atoms with Crippen molar-refractivity contribution in [3.05, 3.63) is 56.9 Å². The molecule has 0 bridgehead atoms. The number of nitrogens with zero attached hydrogens (tertiary/aromatic N) is 4. The van der Waals surface area contributed by atoms with Crippen molar-refractivity contribution in [2.45, 2.75) is 46.2 Å². The molecule has 0 aliphatic carbocycles. The van der Waals surface area contributed by atoms with E-state index in [1.165, 1.54) is 0 Å². The minimum atomic E-state index is -0.414. The smallest absolute Gasteiger partial charge is 0.312 e. The number of amides is 2. The first-order chi connectivity index (χ1) is 13.8. The maximum absolute atomic E-state index is 12.5. The number of piperidine rings is 1. The number of hydrogen-bond acceptors (Lipinski definition) is 5. The number of carbonyl (C=O) groups is 2. The number of likely N-dealkylation sites (tertiary alicyclic amines) is 1. The van der Waals surface area contributed by atoms with E-state index in [0.717, 1.165) is 18.4 Å². The fourth-order valence-corrected chi connectivity index (χ4v) is 3.65. The van der Waals surface area contributed by atoms with E-state index < -0.39 is 4.92 Å². The third-order valence-electron chi connectivity index (χ3n) is 5.35. The molecule has 0 spiro atoms. The van der Waals surface area contributed by atoms with Gasteiger partial charge in [0.2, 0.25) is 5.91 Å². The second-order valence-corrected chi connectivity index (χ2v) is 7.38. The Morgan fingerprint density at radius 2 is 1.83 bits per heavy atom. The number of hydrogen-bond donors (Lipinski definition) is 1. The van der Waals surface area contributed by atoms with E-state index in [2.05, 4.69) is 10.4 Å². The van der Waals surface area contributed by atoms with Crippen LogP contribution in [-0.2, 0) is 11.3 Å². The van der Waals surface area contributed by atoms with Crippen LogP contribution in [-0.4, -0.2) is 50.5 Å². The van der Waals surface area contributed by atoms with Crippen LogP contribution in [0.15, 0.2) is 24.3 Å². The van der Waals surface area contributed by atoms with Crippen LogP contribution >= 0.6 is 0 Å². The Hall–Kier alpha value is -3.23. The van der Waals surface area contributed by atoms with Crippen molar-refractivity contribution in [3.8, 4) is 0 Å². The van der Waals surface area contributed by atoms with E-state index in [-0.39, 0.29) is 23.5 Å². The Balaban J connectivity index is 1.60. The summed E-state index contributed by atoms with van der Waals surface area (Å²) in [6, 6.07) is 7.21. The van der Waals surface area contributed by atoms with Gasteiger partial charge in [-0.05, 0) is 44.4 Å². The SMILES string of the molecule is CC(=O)N1CCC(NC(=O)c2ccc(Cn3nc(C)c([N+](=O)[O-])c3C)cc2)CC1. The summed E-state index contributed by atoms with van der Waals surface area (Å²) in [6.07, 6.45) is 1.50. The van der Waals surface area contributed by atoms with Crippen LogP contribution < -0.4 is 5.32 Å². The van der Waals surface area contributed by atoms with Crippen molar-refractivity contribution in [2.24, 2.45) is 0 Å². The molecule has 9 nitrogen and oxygen atoms in total. The van der Waals surface area contributed by atoms with E-state index in [0.29, 0.717) is 36.6 Å². The van der Waals surface area contributed by atoms with Gasteiger partial charge < -0.3 is 10.2 Å². The van der Waals surface area contributed by atoms with Crippen molar-refractivity contribution in [3.63, 3.8) is 0 Å². The molecule has 2 heterocycles. The maximum atomic E-state index is 12.5. The van der Waals surface area contributed by atoms with E-state index in [4.69, 9.17) is 0 Å². The summed E-state index contributed by atoms with van der Waals surface area (Å²) >= 11 is 0. The highest BCUT2D eigenvalue weighted by Crippen LogP contribution is 2.22. The third kappa shape index (κ3) is 4.61. The molecule has 0 unspecified atom stereocenters. The molecule has 0 saturated carbocycles. The summed E-state index contributed by atoms with van der Waals surface area (Å²) < 4.78 is 1.60. The Labute approximate surface area is 168 Å². The molecule has 154 valence electrons. The van der Waals surface area contributed by atoms with E-state index >= 15 is 0 Å². The minimum absolute atomic E-state index is 0.0387. The Morgan fingerprint density at radius 3 is 2.34 bits per heavy atom. The fourth-order valence-electron chi connectivity index (χ4n) is 3.65. The highest BCUT2D eigenvalue weighted by atomic mass is 16.6. The number of carbonyl (C=O) groups excluding carboxylic acids is 2. The predicted molar refractivity (Wildman–Crippen MR) is 107 cm³/mol. The normalized spacial score (nSPS) is 14.7. The monoisotopic (exact) mass is 399 g/mol. The van der Waals surface area contributed by atoms with E-state index in [1.807, 2.05) is 12.1 Å². The zero-order valence-corrected chi connectivity index (χ0v) is 16.8. The van der Waals surface area contributed by atoms with Gasteiger partial charge in [0.15, 0.2) is 0 Å². The molecule has 1 fully saturated rings. The lowest BCUT2D eigenvalue weighted by atomic mass is 10.0. The molecule has 29 heavy (non-hydrogen) atoms. The standard InChI is InChI=1S/C20H25N5O4/c1-13-19(25(28)29)14(2)24(22-13)12-16-4-6-17(7-5-16)20(27)21-18-8-10-23(11-9-18)15(3)26/h4-7,18H,8-12H2,1-3H3,(H,21,27). The Bertz CT molecular complexity index is 927. The molecule has 9 heteroatoms. The highest BCUT2D eigenvalue weighted by molar-refractivity contribution is 5.94. The number of nitro groups is 1. The summed E-state index contributed by atoms with van der Waals surface area (Å²) in [4.78, 5) is 36.4. The second-order valence-electron chi connectivity index (χ2n) is 7.38. The fraction of sp³-hybridized carbons (Fsp3) is 0.450. The second kappa shape index (κ2) is 8.42. The average molecular weight is 399 g/mol. The van der Waals surface area contributed by atoms with Gasteiger partial charge in [0.1, 0.15) is 11.4 Å². The van der Waals surface area contributed by atoms with Crippen LogP contribution in [0.2, 0.25) is 0 Å². The third-order valence-corrected chi connectivity index (χ3v) is 5.35. The first-order valence-corrected chi connectivity index (χ1v) is 9.60. The van der Waals surface area contributed by atoms with Crippen molar-refractivity contribution < 1.29 is 14.5 Å². The van der Waals surface area contributed by atoms with Crippen LogP contribution in [0.3, 0.4) is 0 Å². The van der Waals surface area contributed by atoms with Crippen LogP contribution in [0.25, 0.3) is 0 Å². The van der Waals surface area contributed by atoms with Gasteiger partial charge in [0.25, 0.3) is 5.91 Å². The molecule has 1 aliphatic rings. The van der Waals surface area contributed by atoms with Crippen LogP contribution in [0.5, 0.6) is 0 Å². The zero-order valence-electron chi connectivity index (χ0n) is 16.8. The van der Waals surface area contributed by atoms with Crippen molar-refractivity contribution in [1.29, 1.82) is 0 Å². The molecule has 1 saturated heterocycles. The lowest BCUT2D eigenvalue weighted by Gasteiger charge is -2.31. The van der Waals surface area contributed by atoms with Crippen molar-refractivity contribution >= 4 is 17.5 Å². The van der Waals surface area contributed by atoms with Crippen LogP contribution in [0, 0.1) is 24.0 Å². The molecular weight excluding hydrogens is 374 g/mol. The summed E-state index contributed by atoms with van der Waals surface area (Å²) in [7, 11) is 0. The molecule has 1 aromatic carbocycles. The van der Waals surface area contributed by atoms with E-state index in [1.54, 1.807) is 42.5 Å². The highest BCUT2D eigenvalue weighted by Gasteiger charge is 2.23. The van der Waals surface area contributed by atoms with Crippen LogP contribution in [0.1, 0.15) is 47.1 Å². The molecule has 2 amide bonds. The topological polar surface area (TPSA) is 110 Å². The molecule has 0 atom stereocenters. The lowest BCUT2D eigenvalue weighted by Crippen LogP contribution is -2.45. The van der Waals surface area contributed by atoms with Gasteiger partial charge >= 0.3 is 5.69 Å². The quantitative estimate of drug-likeness (QED) is 0.612. The number of benzene rings is 1. The zero-order chi connectivity index (χ0) is 21.1. The first kappa shape index (κ1) is 20.5. The van der Waals surface area contributed by atoms with Crippen molar-refractivity contribution in [2.75, 3.05) is 13.1 Å². The van der Waals surface area contributed by atoms with Gasteiger partial charge in [0, 0.05) is 31.6 Å². The van der Waals surface area contributed by atoms with Crippen molar-refractivity contribution in [1.82, 2.24) is 20.0 Å². The number of nitrogens with one attached hydrogen (secondary N) is 1. The van der Waals surface area contributed by atoms with Gasteiger partial charge in [0.05, 0.1) is 11.5 Å². The Morgan fingerprint density at radius 1 is 1.21 bits per heavy atom. The number of rotatable bonds is 5. The van der Waals surface area contributed by atoms with Gasteiger partial charge in [-0.15, -0.1) is 0 Å². The first-order valence-electron chi connectivity index (χ1n) is 9.60. The van der Waals surface area contributed by atoms with Crippen LogP contribution in [0.4, 0.5) is 5.69 Å². The van der Waals surface area contributed by atoms with Gasteiger partial charge in [-0.1, -0.05) is 12.1 Å². The average Bonchev–Trinajstić information content (AvgIpc) is 2.96. The molecule has 1 aliphatic heterocycles. The summed E-state index contributed by atoms with van der Waals surface area (Å²) in [5.74, 6) is -0.0714. The molecule has 1 aromatic heterocycles. The van der Waals surface area contributed by atoms with Gasteiger partial charge in [-0.3, -0.25) is 24.4 Å². The minimum Gasteiger partial charge on any atom is -0.349 e. The maximum Gasteiger partial charge on any atom is 0.312 e. The van der Waals surface area contributed by atoms with E-state index in [9.17, 15) is 19.7 Å². The lowest BCUT2D eigenvalue weighted by molar-refractivity contribution is -0.386. The van der Waals surface area contributed by atoms with Gasteiger partial charge in [-0.2, -0.15) is 5.10 Å². The summed E-state index contributed by atoms with van der Waals surface area (Å²) in [6.45, 7) is 6.58. The molecular formula is C20H25N5O4. The molecule has 3 rings (SSSR count). The number of aryl methyl sites for hydroxylation is 1. The summed E-state index contributed by atoms with van der Waals surface area (Å²) in [5, 5.41) is 18.4. The number of aromatic nitrogens is 2. The predicted octanol–water partition coefficient (Wildman–Crippen LogP) is 2.20. The van der Waals surface area contributed by atoms with Gasteiger partial charge in [-0.25, -0.2) is 0 Å². The Kier molecular flexibility index (Phi) is 5.95. The molecule has 0 radical (unpaired) electrons. The molecule has 1 N–H and O–H groups in total. The summed E-state index contributed by atoms with van der Waals surface area (Å²) in [5.41, 5.74) is 2.39. The largest absolute Gasteiger partial charge is 0.349 e. The molecule has 2 aromatic rings.